The van der Waals surface area contributed by atoms with Crippen LogP contribution >= 0.6 is 0 Å². The first kappa shape index (κ1) is 18.0. The fourth-order valence-corrected chi connectivity index (χ4v) is 3.36. The summed E-state index contributed by atoms with van der Waals surface area (Å²) in [5, 5.41) is 4.10. The second kappa shape index (κ2) is 8.08. The minimum atomic E-state index is -0.195. The van der Waals surface area contributed by atoms with Gasteiger partial charge in [-0.25, -0.2) is 0 Å². The number of hydrogen-bond acceptors (Lipinski definition) is 5. The normalized spacial score (nSPS) is 16.6. The fourth-order valence-electron chi connectivity index (χ4n) is 3.36. The number of likely N-dealkylation sites (tertiary alicyclic amines) is 1. The number of benzene rings is 2. The van der Waals surface area contributed by atoms with Gasteiger partial charge in [0.1, 0.15) is 11.8 Å². The largest absolute Gasteiger partial charge is 0.497 e. The zero-order chi connectivity index (χ0) is 19.3. The summed E-state index contributed by atoms with van der Waals surface area (Å²) in [5.41, 5.74) is 1.80. The maximum Gasteiger partial charge on any atom is 0.249 e. The molecule has 1 saturated heterocycles. The summed E-state index contributed by atoms with van der Waals surface area (Å²) in [6.45, 7) is 0.680. The minimum Gasteiger partial charge on any atom is -0.497 e. The molecule has 1 atom stereocenters. The van der Waals surface area contributed by atoms with Crippen molar-refractivity contribution in [1.82, 2.24) is 15.0 Å². The van der Waals surface area contributed by atoms with Crippen LogP contribution < -0.4 is 4.74 Å². The second-order valence-electron chi connectivity index (χ2n) is 6.62. The zero-order valence-electron chi connectivity index (χ0n) is 15.6. The third-order valence-electron chi connectivity index (χ3n) is 4.81. The van der Waals surface area contributed by atoms with Crippen molar-refractivity contribution < 1.29 is 14.1 Å². The lowest BCUT2D eigenvalue weighted by molar-refractivity contribution is -0.127. The molecule has 2 aromatic carbocycles. The quantitative estimate of drug-likeness (QED) is 0.628. The number of amides is 1. The van der Waals surface area contributed by atoms with Crippen LogP contribution in [0, 0.1) is 0 Å². The van der Waals surface area contributed by atoms with Crippen LogP contribution in [0.5, 0.6) is 5.75 Å². The molecule has 28 heavy (non-hydrogen) atoms. The summed E-state index contributed by atoms with van der Waals surface area (Å²) >= 11 is 0. The van der Waals surface area contributed by atoms with Crippen molar-refractivity contribution in [2.45, 2.75) is 18.9 Å². The SMILES string of the molecule is COc1cccc(-c2noc(C3CCCN3C(=O)C=Cc3ccccc3)n2)c1. The molecule has 3 aromatic rings. The molecule has 1 amide bonds. The van der Waals surface area contributed by atoms with Gasteiger partial charge in [0, 0.05) is 18.2 Å². The summed E-state index contributed by atoms with van der Waals surface area (Å²) in [4.78, 5) is 19.0. The highest BCUT2D eigenvalue weighted by molar-refractivity contribution is 5.92. The molecule has 4 rings (SSSR count). The molecule has 142 valence electrons. The van der Waals surface area contributed by atoms with E-state index in [1.54, 1.807) is 18.1 Å². The molecule has 1 fully saturated rings. The molecule has 6 nitrogen and oxygen atoms in total. The molecule has 1 unspecified atom stereocenters. The molecule has 1 aliphatic rings. The highest BCUT2D eigenvalue weighted by Crippen LogP contribution is 2.32. The summed E-state index contributed by atoms with van der Waals surface area (Å²) < 4.78 is 10.7. The summed E-state index contributed by atoms with van der Waals surface area (Å²) in [5.74, 6) is 1.64. The van der Waals surface area contributed by atoms with Gasteiger partial charge in [0.05, 0.1) is 7.11 Å². The Balaban J connectivity index is 1.51. The Morgan fingerprint density at radius 2 is 2.07 bits per heavy atom. The van der Waals surface area contributed by atoms with Crippen molar-refractivity contribution in [3.63, 3.8) is 0 Å². The van der Waals surface area contributed by atoms with E-state index in [0.29, 0.717) is 18.3 Å². The molecule has 1 aromatic heterocycles. The van der Waals surface area contributed by atoms with Crippen LogP contribution in [0.4, 0.5) is 0 Å². The van der Waals surface area contributed by atoms with E-state index < -0.39 is 0 Å². The standard InChI is InChI=1S/C22H21N3O3/c1-27-18-10-5-9-17(15-18)21-23-22(28-24-21)19-11-6-14-25(19)20(26)13-12-16-7-3-2-4-8-16/h2-5,7-10,12-13,15,19H,6,11,14H2,1H3. The van der Waals surface area contributed by atoms with Gasteiger partial charge >= 0.3 is 0 Å². The molecule has 0 aliphatic carbocycles. The van der Waals surface area contributed by atoms with Crippen molar-refractivity contribution in [1.29, 1.82) is 0 Å². The Hall–Kier alpha value is -3.41. The fraction of sp³-hybridized carbons (Fsp3) is 0.227. The van der Waals surface area contributed by atoms with Gasteiger partial charge in [0.15, 0.2) is 0 Å². The Morgan fingerprint density at radius 1 is 1.21 bits per heavy atom. The smallest absolute Gasteiger partial charge is 0.249 e. The number of aromatic nitrogens is 2. The van der Waals surface area contributed by atoms with E-state index in [1.807, 2.05) is 60.7 Å². The lowest BCUT2D eigenvalue weighted by atomic mass is 10.2. The lowest BCUT2D eigenvalue weighted by Gasteiger charge is -2.20. The average Bonchev–Trinajstić information content (AvgIpc) is 3.42. The second-order valence-corrected chi connectivity index (χ2v) is 6.62. The number of nitrogens with zero attached hydrogens (tertiary/aromatic N) is 3. The van der Waals surface area contributed by atoms with Crippen molar-refractivity contribution in [2.75, 3.05) is 13.7 Å². The molecule has 0 spiro atoms. The van der Waals surface area contributed by atoms with Gasteiger partial charge in [-0.2, -0.15) is 4.98 Å². The zero-order valence-corrected chi connectivity index (χ0v) is 15.6. The van der Waals surface area contributed by atoms with Gasteiger partial charge in [-0.1, -0.05) is 47.6 Å². The maximum absolute atomic E-state index is 12.7. The third-order valence-corrected chi connectivity index (χ3v) is 4.81. The summed E-state index contributed by atoms with van der Waals surface area (Å²) in [6.07, 6.45) is 5.15. The van der Waals surface area contributed by atoms with Crippen LogP contribution in [0.1, 0.15) is 30.3 Å². The first-order valence-corrected chi connectivity index (χ1v) is 9.26. The Labute approximate surface area is 163 Å². The first-order valence-electron chi connectivity index (χ1n) is 9.26. The van der Waals surface area contributed by atoms with E-state index in [2.05, 4.69) is 10.1 Å². The molecular weight excluding hydrogens is 354 g/mol. The van der Waals surface area contributed by atoms with Crippen LogP contribution in [-0.4, -0.2) is 34.6 Å². The molecule has 2 heterocycles. The van der Waals surface area contributed by atoms with Crippen molar-refractivity contribution in [2.24, 2.45) is 0 Å². The Morgan fingerprint density at radius 3 is 2.89 bits per heavy atom. The van der Waals surface area contributed by atoms with E-state index in [9.17, 15) is 4.79 Å². The number of hydrogen-bond donors (Lipinski definition) is 0. The van der Waals surface area contributed by atoms with Crippen LogP contribution in [0.25, 0.3) is 17.5 Å². The van der Waals surface area contributed by atoms with E-state index in [1.165, 1.54) is 0 Å². The third kappa shape index (κ3) is 3.81. The molecule has 0 saturated carbocycles. The van der Waals surface area contributed by atoms with Gasteiger partial charge in [-0.05, 0) is 36.6 Å². The van der Waals surface area contributed by atoms with Crippen LogP contribution in [0.3, 0.4) is 0 Å². The maximum atomic E-state index is 12.7. The van der Waals surface area contributed by atoms with Gasteiger partial charge < -0.3 is 14.2 Å². The topological polar surface area (TPSA) is 68.5 Å². The summed E-state index contributed by atoms with van der Waals surface area (Å²) in [7, 11) is 1.62. The van der Waals surface area contributed by atoms with Crippen LogP contribution in [-0.2, 0) is 4.79 Å². The molecule has 0 bridgehead atoms. The van der Waals surface area contributed by atoms with Crippen LogP contribution in [0.15, 0.2) is 65.2 Å². The number of rotatable bonds is 5. The Kier molecular flexibility index (Phi) is 5.19. The number of carbonyl (C=O) groups excluding carboxylic acids is 1. The predicted molar refractivity (Wildman–Crippen MR) is 105 cm³/mol. The first-order chi connectivity index (χ1) is 13.7. The minimum absolute atomic E-state index is 0.0486. The van der Waals surface area contributed by atoms with Gasteiger partial charge in [-0.15, -0.1) is 0 Å². The van der Waals surface area contributed by atoms with E-state index in [0.717, 1.165) is 29.7 Å². The molecule has 1 aliphatic heterocycles. The van der Waals surface area contributed by atoms with Crippen molar-refractivity contribution in [3.8, 4) is 17.1 Å². The van der Waals surface area contributed by atoms with E-state index in [-0.39, 0.29) is 11.9 Å². The van der Waals surface area contributed by atoms with Crippen LogP contribution in [0.2, 0.25) is 0 Å². The molecule has 0 radical (unpaired) electrons. The Bertz CT molecular complexity index is 981. The predicted octanol–water partition coefficient (Wildman–Crippen LogP) is 4.12. The summed E-state index contributed by atoms with van der Waals surface area (Å²) in [6, 6.07) is 17.1. The average molecular weight is 375 g/mol. The van der Waals surface area contributed by atoms with Gasteiger partial charge in [-0.3, -0.25) is 4.79 Å². The number of methoxy groups -OCH3 is 1. The van der Waals surface area contributed by atoms with Gasteiger partial charge in [0.25, 0.3) is 0 Å². The highest BCUT2D eigenvalue weighted by atomic mass is 16.5. The number of carbonyl (C=O) groups is 1. The molecule has 6 heteroatoms. The molecular formula is C22H21N3O3. The molecule has 0 N–H and O–H groups in total. The monoisotopic (exact) mass is 375 g/mol. The van der Waals surface area contributed by atoms with Gasteiger partial charge in [0.2, 0.25) is 17.6 Å². The number of ether oxygens (including phenoxy) is 1. The van der Waals surface area contributed by atoms with Crippen molar-refractivity contribution >= 4 is 12.0 Å². The van der Waals surface area contributed by atoms with E-state index >= 15 is 0 Å². The van der Waals surface area contributed by atoms with E-state index in [4.69, 9.17) is 9.26 Å². The lowest BCUT2D eigenvalue weighted by Crippen LogP contribution is -2.29. The highest BCUT2D eigenvalue weighted by Gasteiger charge is 2.33. The van der Waals surface area contributed by atoms with Crippen molar-refractivity contribution in [3.05, 3.63) is 72.1 Å².